The summed E-state index contributed by atoms with van der Waals surface area (Å²) in [4.78, 5) is 0.319. The van der Waals surface area contributed by atoms with Crippen LogP contribution in [0.2, 0.25) is 0 Å². The first-order valence-corrected chi connectivity index (χ1v) is 9.99. The van der Waals surface area contributed by atoms with Gasteiger partial charge in [0, 0.05) is 18.2 Å². The second-order valence-corrected chi connectivity index (χ2v) is 8.19. The molecule has 1 saturated heterocycles. The molecule has 0 spiro atoms. The van der Waals surface area contributed by atoms with Gasteiger partial charge in [-0.25, -0.2) is 13.1 Å². The Hall–Kier alpha value is -0.500. The van der Waals surface area contributed by atoms with Crippen LogP contribution < -0.4 is 10.0 Å². The minimum absolute atomic E-state index is 0.0397. The molecule has 1 aliphatic heterocycles. The fraction of sp³-hybridized carbons (Fsp3) is 0.714. The van der Waals surface area contributed by atoms with Crippen LogP contribution >= 0.6 is 11.8 Å². The van der Waals surface area contributed by atoms with Crippen LogP contribution in [-0.2, 0) is 16.6 Å². The molecule has 1 fully saturated rings. The van der Waals surface area contributed by atoms with E-state index in [0.29, 0.717) is 23.0 Å². The van der Waals surface area contributed by atoms with Crippen LogP contribution in [0.4, 0.5) is 0 Å². The fourth-order valence-electron chi connectivity index (χ4n) is 2.61. The zero-order chi connectivity index (χ0) is 15.5. The molecule has 0 atom stereocenters. The quantitative estimate of drug-likeness (QED) is 0.835. The van der Waals surface area contributed by atoms with Crippen molar-refractivity contribution in [2.45, 2.75) is 51.1 Å². The Morgan fingerprint density at radius 3 is 2.52 bits per heavy atom. The molecule has 0 amide bonds. The molecule has 1 aliphatic rings. The number of sulfonamides is 1. The third kappa shape index (κ3) is 4.03. The topological polar surface area (TPSA) is 71.3 Å². The van der Waals surface area contributed by atoms with E-state index in [2.05, 4.69) is 10.0 Å². The van der Waals surface area contributed by atoms with E-state index in [1.54, 1.807) is 6.92 Å². The third-order valence-electron chi connectivity index (χ3n) is 3.69. The van der Waals surface area contributed by atoms with Crippen LogP contribution in [0.15, 0.2) is 9.31 Å². The summed E-state index contributed by atoms with van der Waals surface area (Å²) in [6.45, 7) is 6.82. The van der Waals surface area contributed by atoms with E-state index in [9.17, 15) is 8.42 Å². The summed E-state index contributed by atoms with van der Waals surface area (Å²) in [5.41, 5.74) is 0.743. The Morgan fingerprint density at radius 1 is 1.24 bits per heavy atom. The molecule has 1 aromatic heterocycles. The van der Waals surface area contributed by atoms with Crippen molar-refractivity contribution in [1.82, 2.24) is 10.0 Å². The number of hydrogen-bond donors (Lipinski definition) is 2. The van der Waals surface area contributed by atoms with E-state index in [1.165, 1.54) is 0 Å². The molecule has 2 heterocycles. The Morgan fingerprint density at radius 2 is 1.90 bits per heavy atom. The third-order valence-corrected chi connectivity index (χ3v) is 6.45. The maximum atomic E-state index is 12.7. The highest BCUT2D eigenvalue weighted by Gasteiger charge is 2.29. The van der Waals surface area contributed by atoms with Crippen molar-refractivity contribution in [3.8, 4) is 0 Å². The zero-order valence-corrected chi connectivity index (χ0v) is 14.5. The summed E-state index contributed by atoms with van der Waals surface area (Å²) in [6.07, 6.45) is 1.78. The summed E-state index contributed by atoms with van der Waals surface area (Å²) in [6, 6.07) is 0.0397. The molecule has 120 valence electrons. The summed E-state index contributed by atoms with van der Waals surface area (Å²) in [7, 11) is -3.52. The minimum atomic E-state index is -3.52. The Balaban J connectivity index is 2.25. The highest BCUT2D eigenvalue weighted by Crippen LogP contribution is 2.28. The van der Waals surface area contributed by atoms with Crippen molar-refractivity contribution in [3.63, 3.8) is 0 Å². The first-order valence-electron chi connectivity index (χ1n) is 7.35. The van der Waals surface area contributed by atoms with E-state index in [1.807, 2.05) is 25.6 Å². The predicted molar refractivity (Wildman–Crippen MR) is 86.2 cm³/mol. The Kier molecular flexibility index (Phi) is 5.76. The molecule has 7 heteroatoms. The van der Waals surface area contributed by atoms with Crippen molar-refractivity contribution in [1.29, 1.82) is 0 Å². The number of thioether (sulfide) groups is 1. The lowest BCUT2D eigenvalue weighted by Gasteiger charge is -2.22. The van der Waals surface area contributed by atoms with Crippen LogP contribution in [0.3, 0.4) is 0 Å². The van der Waals surface area contributed by atoms with Gasteiger partial charge in [-0.2, -0.15) is 11.8 Å². The number of furan rings is 1. The lowest BCUT2D eigenvalue weighted by Crippen LogP contribution is -2.38. The molecule has 21 heavy (non-hydrogen) atoms. The maximum absolute atomic E-state index is 12.7. The average molecular weight is 332 g/mol. The largest absolute Gasteiger partial charge is 0.465 e. The van der Waals surface area contributed by atoms with Crippen LogP contribution in [0, 0.1) is 13.8 Å². The van der Waals surface area contributed by atoms with Gasteiger partial charge in [0.1, 0.15) is 16.4 Å². The van der Waals surface area contributed by atoms with E-state index in [-0.39, 0.29) is 6.04 Å². The molecular weight excluding hydrogens is 308 g/mol. The van der Waals surface area contributed by atoms with Gasteiger partial charge in [0.2, 0.25) is 10.0 Å². The van der Waals surface area contributed by atoms with Gasteiger partial charge in [-0.1, -0.05) is 6.92 Å². The van der Waals surface area contributed by atoms with Gasteiger partial charge >= 0.3 is 0 Å². The summed E-state index contributed by atoms with van der Waals surface area (Å²) in [5, 5.41) is 3.18. The normalized spacial score (nSPS) is 17.3. The number of rotatable bonds is 6. The van der Waals surface area contributed by atoms with Gasteiger partial charge in [0.05, 0.1) is 0 Å². The fourth-order valence-corrected chi connectivity index (χ4v) is 5.47. The molecule has 0 radical (unpaired) electrons. The standard InChI is InChI=1S/C14H24N2O3S2/c1-4-15-9-13-10(2)19-11(3)14(13)21(17,18)16-12-5-7-20-8-6-12/h12,15-16H,4-9H2,1-3H3. The minimum Gasteiger partial charge on any atom is -0.465 e. The molecule has 0 aromatic carbocycles. The molecule has 1 aromatic rings. The van der Waals surface area contributed by atoms with Gasteiger partial charge in [-0.05, 0) is 44.7 Å². The van der Waals surface area contributed by atoms with E-state index >= 15 is 0 Å². The lowest BCUT2D eigenvalue weighted by atomic mass is 10.2. The van der Waals surface area contributed by atoms with Crippen molar-refractivity contribution in [2.75, 3.05) is 18.1 Å². The highest BCUT2D eigenvalue weighted by atomic mass is 32.2. The van der Waals surface area contributed by atoms with E-state index in [0.717, 1.165) is 36.5 Å². The highest BCUT2D eigenvalue weighted by molar-refractivity contribution is 7.99. The van der Waals surface area contributed by atoms with E-state index in [4.69, 9.17) is 4.42 Å². The number of aryl methyl sites for hydroxylation is 2. The van der Waals surface area contributed by atoms with Crippen LogP contribution in [0.1, 0.15) is 36.8 Å². The van der Waals surface area contributed by atoms with Crippen molar-refractivity contribution >= 4 is 21.8 Å². The summed E-state index contributed by atoms with van der Waals surface area (Å²) in [5.74, 6) is 3.17. The Bertz CT molecular complexity index is 575. The molecule has 2 N–H and O–H groups in total. The number of nitrogens with one attached hydrogen (secondary N) is 2. The second-order valence-electron chi connectivity index (χ2n) is 5.31. The Labute approximate surface area is 131 Å². The van der Waals surface area contributed by atoms with Crippen molar-refractivity contribution in [3.05, 3.63) is 17.1 Å². The molecule has 0 unspecified atom stereocenters. The van der Waals surface area contributed by atoms with Crippen molar-refractivity contribution < 1.29 is 12.8 Å². The second kappa shape index (κ2) is 7.17. The number of hydrogen-bond acceptors (Lipinski definition) is 5. The van der Waals surface area contributed by atoms with Crippen LogP contribution in [0.5, 0.6) is 0 Å². The first kappa shape index (κ1) is 16.9. The van der Waals surface area contributed by atoms with Crippen molar-refractivity contribution in [2.24, 2.45) is 0 Å². The SMILES string of the molecule is CCNCc1c(C)oc(C)c1S(=O)(=O)NC1CCSCC1. The van der Waals surface area contributed by atoms with Gasteiger partial charge in [-0.15, -0.1) is 0 Å². The molecule has 0 aliphatic carbocycles. The molecular formula is C14H24N2O3S2. The average Bonchev–Trinajstić information content (AvgIpc) is 2.72. The molecule has 5 nitrogen and oxygen atoms in total. The predicted octanol–water partition coefficient (Wildman–Crippen LogP) is 2.18. The zero-order valence-electron chi connectivity index (χ0n) is 12.9. The smallest absolute Gasteiger partial charge is 0.244 e. The summed E-state index contributed by atoms with van der Waals surface area (Å²) < 4.78 is 33.8. The van der Waals surface area contributed by atoms with Gasteiger partial charge in [-0.3, -0.25) is 0 Å². The van der Waals surface area contributed by atoms with Gasteiger partial charge in [0.15, 0.2) is 0 Å². The van der Waals surface area contributed by atoms with Crippen LogP contribution in [-0.4, -0.2) is 32.5 Å². The first-order chi connectivity index (χ1) is 9.95. The van der Waals surface area contributed by atoms with Gasteiger partial charge in [0.25, 0.3) is 0 Å². The lowest BCUT2D eigenvalue weighted by molar-refractivity contribution is 0.491. The van der Waals surface area contributed by atoms with Crippen LogP contribution in [0.25, 0.3) is 0 Å². The molecule has 0 bridgehead atoms. The van der Waals surface area contributed by atoms with E-state index < -0.39 is 10.0 Å². The molecule has 2 rings (SSSR count). The van der Waals surface area contributed by atoms with Gasteiger partial charge < -0.3 is 9.73 Å². The summed E-state index contributed by atoms with van der Waals surface area (Å²) >= 11 is 1.88. The maximum Gasteiger partial charge on any atom is 0.244 e. The molecule has 0 saturated carbocycles. The monoisotopic (exact) mass is 332 g/mol.